The van der Waals surface area contributed by atoms with E-state index in [9.17, 15) is 0 Å². The molecule has 0 radical (unpaired) electrons. The number of aromatic nitrogens is 2. The minimum absolute atomic E-state index is 0.0782. The maximum Gasteiger partial charge on any atom is 0.189 e. The van der Waals surface area contributed by atoms with E-state index in [1.54, 1.807) is 6.08 Å². The van der Waals surface area contributed by atoms with Crippen molar-refractivity contribution >= 4 is 46.5 Å². The van der Waals surface area contributed by atoms with Crippen molar-refractivity contribution in [2.75, 3.05) is 11.7 Å². The lowest BCUT2D eigenvalue weighted by Crippen LogP contribution is -2.42. The first-order valence-electron chi connectivity index (χ1n) is 5.08. The zero-order valence-electron chi connectivity index (χ0n) is 10.0. The molecule has 0 spiro atoms. The number of hydrogen-bond donors (Lipinski definition) is 3. The minimum Gasteiger partial charge on any atom is -0.355 e. The Hall–Kier alpha value is -1.05. The van der Waals surface area contributed by atoms with Crippen molar-refractivity contribution in [2.24, 2.45) is 0 Å². The van der Waals surface area contributed by atoms with Crippen LogP contribution in [0, 0.1) is 0 Å². The van der Waals surface area contributed by atoms with Gasteiger partial charge in [-0.2, -0.15) is 0 Å². The number of anilines is 1. The van der Waals surface area contributed by atoms with Gasteiger partial charge in [0.2, 0.25) is 0 Å². The highest BCUT2D eigenvalue weighted by atomic mass is 35.5. The molecule has 5 nitrogen and oxygen atoms in total. The molecule has 8 heteroatoms. The minimum atomic E-state index is 0.0782. The molecule has 18 heavy (non-hydrogen) atoms. The van der Waals surface area contributed by atoms with Crippen LogP contribution in [0.15, 0.2) is 24.0 Å². The molecule has 0 saturated carbocycles. The highest BCUT2D eigenvalue weighted by Crippen LogP contribution is 2.19. The summed E-state index contributed by atoms with van der Waals surface area (Å²) in [5.41, 5.74) is 5.63. The van der Waals surface area contributed by atoms with Crippen LogP contribution in [0.4, 0.5) is 5.82 Å². The Kier molecular flexibility index (Phi) is 6.17. The van der Waals surface area contributed by atoms with Crippen LogP contribution in [0.25, 0.3) is 0 Å². The highest BCUT2D eigenvalue weighted by molar-refractivity contribution is 7.98. The summed E-state index contributed by atoms with van der Waals surface area (Å²) in [6.07, 6.45) is 5.17. The van der Waals surface area contributed by atoms with Crippen molar-refractivity contribution in [3.05, 3.63) is 23.9 Å². The Morgan fingerprint density at radius 3 is 3.00 bits per heavy atom. The van der Waals surface area contributed by atoms with Crippen LogP contribution in [0.2, 0.25) is 5.02 Å². The van der Waals surface area contributed by atoms with Gasteiger partial charge in [-0.05, 0) is 25.4 Å². The molecule has 1 unspecified atom stereocenters. The molecule has 0 aliphatic carbocycles. The molecule has 0 aromatic carbocycles. The largest absolute Gasteiger partial charge is 0.355 e. The Labute approximate surface area is 121 Å². The van der Waals surface area contributed by atoms with E-state index >= 15 is 0 Å². The maximum absolute atomic E-state index is 5.95. The van der Waals surface area contributed by atoms with Crippen molar-refractivity contribution in [3.8, 4) is 0 Å². The van der Waals surface area contributed by atoms with Gasteiger partial charge in [-0.15, -0.1) is 6.58 Å². The number of thioether (sulfide) groups is 1. The number of halogens is 1. The summed E-state index contributed by atoms with van der Waals surface area (Å²) in [6, 6.07) is 0.0782. The quantitative estimate of drug-likeness (QED) is 0.253. The third kappa shape index (κ3) is 4.67. The van der Waals surface area contributed by atoms with Gasteiger partial charge < -0.3 is 5.32 Å². The smallest absolute Gasteiger partial charge is 0.189 e. The fourth-order valence-corrected chi connectivity index (χ4v) is 1.67. The van der Waals surface area contributed by atoms with Crippen LogP contribution in [0.1, 0.15) is 6.92 Å². The van der Waals surface area contributed by atoms with Crippen LogP contribution < -0.4 is 16.2 Å². The Balaban J connectivity index is 2.57. The van der Waals surface area contributed by atoms with Crippen LogP contribution in [-0.2, 0) is 0 Å². The first-order valence-corrected chi connectivity index (χ1v) is 7.09. The lowest BCUT2D eigenvalue weighted by Gasteiger charge is -2.15. The predicted octanol–water partition coefficient (Wildman–Crippen LogP) is 2.22. The van der Waals surface area contributed by atoms with Gasteiger partial charge in [-0.1, -0.05) is 29.4 Å². The van der Waals surface area contributed by atoms with Crippen molar-refractivity contribution in [1.29, 1.82) is 0 Å². The molecule has 98 valence electrons. The van der Waals surface area contributed by atoms with E-state index < -0.39 is 0 Å². The zero-order valence-corrected chi connectivity index (χ0v) is 12.4. The van der Waals surface area contributed by atoms with Gasteiger partial charge in [0.05, 0.1) is 6.20 Å². The Morgan fingerprint density at radius 1 is 1.67 bits per heavy atom. The lowest BCUT2D eigenvalue weighted by atomic mass is 10.3. The van der Waals surface area contributed by atoms with Gasteiger partial charge in [0.1, 0.15) is 5.02 Å². The number of hydrazine groups is 1. The molecular weight excluding hydrogens is 290 g/mol. The number of rotatable bonds is 5. The highest BCUT2D eigenvalue weighted by Gasteiger charge is 2.05. The summed E-state index contributed by atoms with van der Waals surface area (Å²) in [4.78, 5) is 8.24. The molecule has 0 amide bonds. The maximum atomic E-state index is 5.95. The van der Waals surface area contributed by atoms with E-state index in [-0.39, 0.29) is 6.04 Å². The van der Waals surface area contributed by atoms with Gasteiger partial charge >= 0.3 is 0 Å². The van der Waals surface area contributed by atoms with Crippen LogP contribution in [0.3, 0.4) is 0 Å². The van der Waals surface area contributed by atoms with Gasteiger partial charge in [0.25, 0.3) is 0 Å². The Bertz CT molecular complexity index is 440. The predicted molar refractivity (Wildman–Crippen MR) is 81.0 cm³/mol. The molecule has 1 heterocycles. The van der Waals surface area contributed by atoms with Crippen molar-refractivity contribution in [1.82, 2.24) is 20.7 Å². The standard InChI is InChI=1S/C10H14ClN5S2/c1-4-6(2)13-9(17)16-15-8-7(11)5-12-10(14-8)18-3/h4-6H,1H2,2-3H3,(H,12,14,15)(H2,13,16,17). The van der Waals surface area contributed by atoms with Crippen molar-refractivity contribution in [2.45, 2.75) is 18.1 Å². The van der Waals surface area contributed by atoms with Gasteiger partial charge in [0, 0.05) is 6.04 Å². The van der Waals surface area contributed by atoms with Crippen molar-refractivity contribution < 1.29 is 0 Å². The molecule has 0 bridgehead atoms. The molecule has 1 rings (SSSR count). The van der Waals surface area contributed by atoms with E-state index in [2.05, 4.69) is 32.7 Å². The SMILES string of the molecule is C=CC(C)NC(=S)NNc1nc(SC)ncc1Cl. The van der Waals surface area contributed by atoms with Crippen LogP contribution in [-0.4, -0.2) is 27.4 Å². The van der Waals surface area contributed by atoms with E-state index in [4.69, 9.17) is 23.8 Å². The third-order valence-corrected chi connectivity index (χ3v) is 2.97. The van der Waals surface area contributed by atoms with Crippen molar-refractivity contribution in [3.63, 3.8) is 0 Å². The second-order valence-electron chi connectivity index (χ2n) is 3.30. The molecule has 1 aromatic heterocycles. The summed E-state index contributed by atoms with van der Waals surface area (Å²) in [7, 11) is 0. The molecule has 0 aliphatic rings. The molecule has 0 fully saturated rings. The summed E-state index contributed by atoms with van der Waals surface area (Å²) >= 11 is 12.5. The molecule has 1 atom stereocenters. The zero-order chi connectivity index (χ0) is 13.5. The topological polar surface area (TPSA) is 61.9 Å². The fourth-order valence-electron chi connectivity index (χ4n) is 0.955. The van der Waals surface area contributed by atoms with E-state index in [1.807, 2.05) is 13.2 Å². The third-order valence-electron chi connectivity index (χ3n) is 1.91. The van der Waals surface area contributed by atoms with E-state index in [0.717, 1.165) is 0 Å². The fraction of sp³-hybridized carbons (Fsp3) is 0.300. The normalized spacial score (nSPS) is 11.5. The van der Waals surface area contributed by atoms with Crippen LogP contribution in [0.5, 0.6) is 0 Å². The van der Waals surface area contributed by atoms with E-state index in [1.165, 1.54) is 18.0 Å². The second-order valence-corrected chi connectivity index (χ2v) is 4.89. The molecule has 0 saturated heterocycles. The number of nitrogens with one attached hydrogen (secondary N) is 3. The molecular formula is C10H14ClN5S2. The summed E-state index contributed by atoms with van der Waals surface area (Å²) in [5.74, 6) is 0.478. The second kappa shape index (κ2) is 7.40. The first-order chi connectivity index (χ1) is 8.56. The van der Waals surface area contributed by atoms with Gasteiger partial charge in [-0.25, -0.2) is 9.97 Å². The average molecular weight is 304 g/mol. The molecule has 3 N–H and O–H groups in total. The van der Waals surface area contributed by atoms with Gasteiger partial charge in [-0.3, -0.25) is 10.9 Å². The molecule has 1 aromatic rings. The molecule has 0 aliphatic heterocycles. The Morgan fingerprint density at radius 2 is 2.39 bits per heavy atom. The summed E-state index contributed by atoms with van der Waals surface area (Å²) < 4.78 is 0. The van der Waals surface area contributed by atoms with E-state index in [0.29, 0.717) is 21.1 Å². The first kappa shape index (κ1) is 15.0. The number of thiocarbonyl (C=S) groups is 1. The number of nitrogens with zero attached hydrogens (tertiary/aromatic N) is 2. The average Bonchev–Trinajstić information content (AvgIpc) is 2.37. The van der Waals surface area contributed by atoms with Gasteiger partial charge in [0.15, 0.2) is 16.1 Å². The summed E-state index contributed by atoms with van der Waals surface area (Å²) in [5, 5.41) is 4.47. The summed E-state index contributed by atoms with van der Waals surface area (Å²) in [6.45, 7) is 5.59. The van der Waals surface area contributed by atoms with Crippen LogP contribution >= 0.6 is 35.6 Å². The monoisotopic (exact) mass is 303 g/mol. The number of hydrogen-bond acceptors (Lipinski definition) is 5. The lowest BCUT2D eigenvalue weighted by molar-refractivity contribution is 0.791.